The Balaban J connectivity index is 2.83. The van der Waals surface area contributed by atoms with Gasteiger partial charge in [0.05, 0.1) is 21.1 Å². The van der Waals surface area contributed by atoms with Crippen molar-refractivity contribution in [2.75, 3.05) is 0 Å². The fraction of sp³-hybridized carbons (Fsp3) is 0.538. The summed E-state index contributed by atoms with van der Waals surface area (Å²) >= 11 is 12.8. The Morgan fingerprint density at radius 1 is 1.06 bits per heavy atom. The Morgan fingerprint density at radius 2 is 1.67 bits per heavy atom. The predicted molar refractivity (Wildman–Crippen MR) is 76.4 cm³/mol. The van der Waals surface area contributed by atoms with Crippen molar-refractivity contribution in [2.45, 2.75) is 44.4 Å². The lowest BCUT2D eigenvalue weighted by molar-refractivity contribution is 0.718. The van der Waals surface area contributed by atoms with E-state index in [4.69, 9.17) is 23.2 Å². The van der Waals surface area contributed by atoms with Crippen LogP contribution in [0.25, 0.3) is 11.0 Å². The number of nitrogens with one attached hydrogen (secondary N) is 1. The summed E-state index contributed by atoms with van der Waals surface area (Å²) in [7, 11) is 0. The van der Waals surface area contributed by atoms with Crippen molar-refractivity contribution < 1.29 is 0 Å². The number of alkyl halides is 2. The zero-order valence-electron chi connectivity index (χ0n) is 11.2. The van der Waals surface area contributed by atoms with Gasteiger partial charge in [-0.05, 0) is 40.7 Å². The van der Waals surface area contributed by atoms with Crippen molar-refractivity contribution in [1.82, 2.24) is 15.2 Å². The highest BCUT2D eigenvalue weighted by Gasteiger charge is 2.27. The van der Waals surface area contributed by atoms with Gasteiger partial charge in [-0.2, -0.15) is 5.10 Å². The SMILES string of the molecule is Cc1[nH]nc2c(C(C)(C)Cl)cc(C(C)(C)Cl)nc12. The van der Waals surface area contributed by atoms with Crippen LogP contribution in [0.5, 0.6) is 0 Å². The number of H-pyrrole nitrogens is 1. The van der Waals surface area contributed by atoms with Gasteiger partial charge in [-0.25, -0.2) is 4.98 Å². The molecule has 5 heteroatoms. The second-order valence-electron chi connectivity index (χ2n) is 5.55. The number of halogens is 2. The molecule has 0 amide bonds. The van der Waals surface area contributed by atoms with E-state index in [2.05, 4.69) is 15.2 Å². The van der Waals surface area contributed by atoms with Crippen LogP contribution in [-0.2, 0) is 9.75 Å². The van der Waals surface area contributed by atoms with Gasteiger partial charge in [0.1, 0.15) is 11.0 Å². The Hall–Kier alpha value is -0.800. The number of pyridine rings is 1. The summed E-state index contributed by atoms with van der Waals surface area (Å²) in [5.41, 5.74) is 4.34. The lowest BCUT2D eigenvalue weighted by Gasteiger charge is -2.21. The number of aryl methyl sites for hydroxylation is 1. The Labute approximate surface area is 117 Å². The first-order valence-electron chi connectivity index (χ1n) is 5.85. The van der Waals surface area contributed by atoms with Crippen LogP contribution in [0.3, 0.4) is 0 Å². The first-order chi connectivity index (χ1) is 8.10. The Kier molecular flexibility index (Phi) is 3.11. The number of rotatable bonds is 2. The van der Waals surface area contributed by atoms with E-state index in [0.717, 1.165) is 28.0 Å². The fourth-order valence-corrected chi connectivity index (χ4v) is 2.10. The number of hydrogen-bond donors (Lipinski definition) is 1. The van der Waals surface area contributed by atoms with Gasteiger partial charge in [0.15, 0.2) is 0 Å². The molecule has 0 unspecified atom stereocenters. The molecular formula is C13H17Cl2N3. The number of aromatic nitrogens is 3. The van der Waals surface area contributed by atoms with E-state index in [-0.39, 0.29) is 0 Å². The van der Waals surface area contributed by atoms with Gasteiger partial charge < -0.3 is 0 Å². The number of fused-ring (bicyclic) bond motifs is 1. The van der Waals surface area contributed by atoms with Crippen molar-refractivity contribution in [3.05, 3.63) is 23.0 Å². The third-order valence-corrected chi connectivity index (χ3v) is 3.33. The van der Waals surface area contributed by atoms with E-state index >= 15 is 0 Å². The van der Waals surface area contributed by atoms with Crippen molar-refractivity contribution in [3.8, 4) is 0 Å². The molecule has 0 radical (unpaired) electrons. The Bertz CT molecular complexity index is 589. The molecule has 0 aliphatic rings. The lowest BCUT2D eigenvalue weighted by Crippen LogP contribution is -2.15. The molecule has 0 aliphatic heterocycles. The molecule has 2 aromatic heterocycles. The minimum absolute atomic E-state index is 0.514. The van der Waals surface area contributed by atoms with Crippen LogP contribution in [0, 0.1) is 6.92 Å². The molecule has 2 heterocycles. The predicted octanol–water partition coefficient (Wildman–Crippen LogP) is 4.21. The largest absolute Gasteiger partial charge is 0.280 e. The third-order valence-electron chi connectivity index (χ3n) is 2.93. The topological polar surface area (TPSA) is 41.6 Å². The number of hydrogen-bond acceptors (Lipinski definition) is 2. The molecule has 0 aliphatic carbocycles. The average molecular weight is 286 g/mol. The first-order valence-corrected chi connectivity index (χ1v) is 6.61. The molecular weight excluding hydrogens is 269 g/mol. The van der Waals surface area contributed by atoms with Crippen LogP contribution in [0.15, 0.2) is 6.07 Å². The summed E-state index contributed by atoms with van der Waals surface area (Å²) in [6, 6.07) is 1.95. The first kappa shape index (κ1) is 13.6. The molecule has 2 aromatic rings. The highest BCUT2D eigenvalue weighted by Crippen LogP contribution is 2.36. The molecule has 2 rings (SSSR count). The van der Waals surface area contributed by atoms with Crippen molar-refractivity contribution in [1.29, 1.82) is 0 Å². The van der Waals surface area contributed by atoms with Crippen LogP contribution in [0.1, 0.15) is 44.6 Å². The van der Waals surface area contributed by atoms with Gasteiger partial charge in [-0.15, -0.1) is 23.2 Å². The van der Waals surface area contributed by atoms with E-state index in [1.54, 1.807) is 0 Å². The molecule has 98 valence electrons. The van der Waals surface area contributed by atoms with Crippen LogP contribution in [-0.4, -0.2) is 15.2 Å². The molecule has 18 heavy (non-hydrogen) atoms. The molecule has 0 aromatic carbocycles. The standard InChI is InChI=1S/C13H17Cl2N3/c1-7-10-11(18-17-7)8(12(2,3)14)6-9(16-10)13(4,5)15/h6H,1-5H3,(H,17,18). The minimum Gasteiger partial charge on any atom is -0.280 e. The van der Waals surface area contributed by atoms with E-state index in [9.17, 15) is 0 Å². The summed E-state index contributed by atoms with van der Waals surface area (Å²) in [5.74, 6) is 0. The van der Waals surface area contributed by atoms with Crippen LogP contribution < -0.4 is 0 Å². The smallest absolute Gasteiger partial charge is 0.116 e. The van der Waals surface area contributed by atoms with E-state index in [1.807, 2.05) is 40.7 Å². The third kappa shape index (κ3) is 2.34. The van der Waals surface area contributed by atoms with E-state index in [1.165, 1.54) is 0 Å². The van der Waals surface area contributed by atoms with Crippen molar-refractivity contribution >= 4 is 34.2 Å². The maximum Gasteiger partial charge on any atom is 0.116 e. The van der Waals surface area contributed by atoms with Gasteiger partial charge in [0.2, 0.25) is 0 Å². The Morgan fingerprint density at radius 3 is 2.17 bits per heavy atom. The number of aromatic amines is 1. The van der Waals surface area contributed by atoms with Gasteiger partial charge >= 0.3 is 0 Å². The zero-order valence-corrected chi connectivity index (χ0v) is 12.7. The zero-order chi connectivity index (χ0) is 13.7. The summed E-state index contributed by atoms with van der Waals surface area (Å²) in [6.45, 7) is 9.67. The van der Waals surface area contributed by atoms with Gasteiger partial charge in [-0.1, -0.05) is 0 Å². The second kappa shape index (κ2) is 4.10. The molecule has 0 atom stereocenters. The van der Waals surface area contributed by atoms with E-state index < -0.39 is 9.75 Å². The van der Waals surface area contributed by atoms with Crippen molar-refractivity contribution in [3.63, 3.8) is 0 Å². The van der Waals surface area contributed by atoms with Crippen LogP contribution in [0.2, 0.25) is 0 Å². The number of nitrogens with zero attached hydrogens (tertiary/aromatic N) is 2. The van der Waals surface area contributed by atoms with Gasteiger partial charge in [-0.3, -0.25) is 5.10 Å². The molecule has 0 saturated carbocycles. The molecule has 0 bridgehead atoms. The van der Waals surface area contributed by atoms with Gasteiger partial charge in [0, 0.05) is 5.56 Å². The summed E-state index contributed by atoms with van der Waals surface area (Å²) < 4.78 is 0. The molecule has 0 spiro atoms. The molecule has 1 N–H and O–H groups in total. The highest BCUT2D eigenvalue weighted by molar-refractivity contribution is 6.25. The second-order valence-corrected chi connectivity index (χ2v) is 7.44. The van der Waals surface area contributed by atoms with Crippen molar-refractivity contribution in [2.24, 2.45) is 0 Å². The maximum atomic E-state index is 6.44. The molecule has 0 saturated heterocycles. The quantitative estimate of drug-likeness (QED) is 0.840. The van der Waals surface area contributed by atoms with Crippen LogP contribution >= 0.6 is 23.2 Å². The fourth-order valence-electron chi connectivity index (χ4n) is 1.86. The van der Waals surface area contributed by atoms with Crippen LogP contribution in [0.4, 0.5) is 0 Å². The minimum atomic E-state index is -0.533. The molecule has 0 fully saturated rings. The summed E-state index contributed by atoms with van der Waals surface area (Å²) in [4.78, 5) is 3.55. The van der Waals surface area contributed by atoms with Gasteiger partial charge in [0.25, 0.3) is 0 Å². The normalized spacial score (nSPS) is 13.3. The maximum absolute atomic E-state index is 6.44. The lowest BCUT2D eigenvalue weighted by atomic mass is 9.97. The summed E-state index contributed by atoms with van der Waals surface area (Å²) in [6.07, 6.45) is 0. The monoisotopic (exact) mass is 285 g/mol. The highest BCUT2D eigenvalue weighted by atomic mass is 35.5. The molecule has 3 nitrogen and oxygen atoms in total. The summed E-state index contributed by atoms with van der Waals surface area (Å²) in [5, 5.41) is 7.25. The van der Waals surface area contributed by atoms with E-state index in [0.29, 0.717) is 0 Å². The average Bonchev–Trinajstić information content (AvgIpc) is 2.56.